The van der Waals surface area contributed by atoms with E-state index in [0.717, 1.165) is 55.2 Å². The Kier molecular flexibility index (Phi) is 14.4. The van der Waals surface area contributed by atoms with E-state index in [9.17, 15) is 22.8 Å². The molecule has 8 nitrogen and oxygen atoms in total. The first kappa shape index (κ1) is 36.4. The molecule has 252 valence electrons. The highest BCUT2D eigenvalue weighted by Crippen LogP contribution is 2.27. The van der Waals surface area contributed by atoms with Crippen molar-refractivity contribution in [2.24, 2.45) is 16.8 Å². The molecule has 0 aromatic heterocycles. The van der Waals surface area contributed by atoms with Crippen LogP contribution in [0.25, 0.3) is 0 Å². The number of hydrogen-bond acceptors (Lipinski definition) is 7. The van der Waals surface area contributed by atoms with Crippen molar-refractivity contribution in [3.63, 3.8) is 0 Å². The van der Waals surface area contributed by atoms with Crippen molar-refractivity contribution in [2.75, 3.05) is 33.4 Å². The molecule has 4 atom stereocenters. The van der Waals surface area contributed by atoms with Crippen molar-refractivity contribution in [3.8, 4) is 0 Å². The average molecular weight is 646 g/mol. The van der Waals surface area contributed by atoms with Crippen molar-refractivity contribution in [1.29, 1.82) is 0 Å². The van der Waals surface area contributed by atoms with E-state index in [1.54, 1.807) is 27.2 Å². The van der Waals surface area contributed by atoms with Gasteiger partial charge >= 0.3 is 12.1 Å². The molecule has 0 N–H and O–H groups in total. The van der Waals surface area contributed by atoms with Crippen molar-refractivity contribution >= 4 is 17.8 Å². The van der Waals surface area contributed by atoms with Gasteiger partial charge < -0.3 is 19.1 Å². The summed E-state index contributed by atoms with van der Waals surface area (Å²) in [5.74, 6) is -3.76. The minimum atomic E-state index is -1.61. The van der Waals surface area contributed by atoms with Crippen LogP contribution in [0, 0.1) is 11.8 Å². The van der Waals surface area contributed by atoms with Crippen LogP contribution >= 0.6 is 0 Å². The fraction of sp³-hybridized carbons (Fsp3) is 0.514. The molecule has 11 heteroatoms. The quantitative estimate of drug-likeness (QED) is 0.0969. The second-order valence-corrected chi connectivity index (χ2v) is 11.5. The number of esters is 1. The summed E-state index contributed by atoms with van der Waals surface area (Å²) in [5, 5.41) is 0. The molecule has 0 aromatic carbocycles. The fourth-order valence-corrected chi connectivity index (χ4v) is 5.12. The molecule has 0 saturated carbocycles. The highest BCUT2D eigenvalue weighted by Gasteiger charge is 2.38. The highest BCUT2D eigenvalue weighted by molar-refractivity contribution is 5.92. The van der Waals surface area contributed by atoms with Crippen LogP contribution in [0.2, 0.25) is 0 Å². The number of halogens is 3. The van der Waals surface area contributed by atoms with Gasteiger partial charge in [0.2, 0.25) is 0 Å². The van der Waals surface area contributed by atoms with E-state index < -0.39 is 35.7 Å². The third kappa shape index (κ3) is 10.5. The smallest absolute Gasteiger partial charge is 0.411 e. The summed E-state index contributed by atoms with van der Waals surface area (Å²) in [6.07, 6.45) is 16.4. The summed E-state index contributed by atoms with van der Waals surface area (Å²) in [6.45, 7) is 9.13. The van der Waals surface area contributed by atoms with Gasteiger partial charge in [-0.05, 0) is 88.3 Å². The molecule has 0 bridgehead atoms. The molecule has 3 aliphatic heterocycles. The molecule has 4 unspecified atom stereocenters. The number of carbonyl (C=O) groups excluding carboxylic acids is 2. The first-order valence-corrected chi connectivity index (χ1v) is 15.9. The van der Waals surface area contributed by atoms with Gasteiger partial charge in [0, 0.05) is 25.2 Å². The summed E-state index contributed by atoms with van der Waals surface area (Å²) in [6, 6.07) is -0.511. The fourth-order valence-electron chi connectivity index (χ4n) is 5.12. The highest BCUT2D eigenvalue weighted by atomic mass is 19.2. The van der Waals surface area contributed by atoms with E-state index >= 15 is 0 Å². The lowest BCUT2D eigenvalue weighted by molar-refractivity contribution is -0.148. The molecule has 2 saturated heterocycles. The summed E-state index contributed by atoms with van der Waals surface area (Å²) in [4.78, 5) is 34.1. The topological polar surface area (TPSA) is 80.7 Å². The lowest BCUT2D eigenvalue weighted by Gasteiger charge is -2.33. The van der Waals surface area contributed by atoms with E-state index in [2.05, 4.69) is 11.8 Å². The number of nitrogens with zero attached hydrogens (tertiary/aromatic N) is 3. The molecule has 0 radical (unpaired) electrons. The van der Waals surface area contributed by atoms with Crippen molar-refractivity contribution in [3.05, 3.63) is 83.7 Å². The number of aliphatic imine (C=N–C) groups is 1. The van der Waals surface area contributed by atoms with Crippen LogP contribution in [-0.2, 0) is 19.0 Å². The monoisotopic (exact) mass is 645 g/mol. The molecule has 1 amide bonds. The Morgan fingerprint density at radius 1 is 1.22 bits per heavy atom. The van der Waals surface area contributed by atoms with Crippen LogP contribution < -0.4 is 0 Å². The van der Waals surface area contributed by atoms with Crippen LogP contribution in [-0.4, -0.2) is 73.1 Å². The zero-order chi connectivity index (χ0) is 33.6. The number of carbonyl (C=O) groups is 2. The third-order valence-corrected chi connectivity index (χ3v) is 8.09. The summed E-state index contributed by atoms with van der Waals surface area (Å²) in [7, 11) is 1.60. The van der Waals surface area contributed by atoms with Crippen LogP contribution in [0.3, 0.4) is 0 Å². The predicted octanol–water partition coefficient (Wildman–Crippen LogP) is 7.80. The molecule has 3 rings (SSSR count). The number of allylic oxidation sites excluding steroid dienone is 11. The number of ether oxygens (including phenoxy) is 3. The van der Waals surface area contributed by atoms with E-state index in [-0.39, 0.29) is 24.3 Å². The normalized spacial score (nSPS) is 22.7. The van der Waals surface area contributed by atoms with Gasteiger partial charge in [0.1, 0.15) is 11.9 Å². The van der Waals surface area contributed by atoms with Gasteiger partial charge in [-0.25, -0.2) is 23.0 Å². The zero-order valence-electron chi connectivity index (χ0n) is 27.4. The number of rotatable bonds is 16. The Bertz CT molecular complexity index is 1330. The van der Waals surface area contributed by atoms with Gasteiger partial charge in [0.15, 0.2) is 17.5 Å². The minimum Gasteiger partial charge on any atom is -0.505 e. The maximum Gasteiger partial charge on any atom is 0.411 e. The predicted molar refractivity (Wildman–Crippen MR) is 173 cm³/mol. The van der Waals surface area contributed by atoms with Crippen molar-refractivity contribution in [2.45, 2.75) is 71.9 Å². The molecule has 3 heterocycles. The van der Waals surface area contributed by atoms with Gasteiger partial charge in [-0.3, -0.25) is 9.69 Å². The Morgan fingerprint density at radius 3 is 2.63 bits per heavy atom. The average Bonchev–Trinajstić information content (AvgIpc) is 3.14. The zero-order valence-corrected chi connectivity index (χ0v) is 27.4. The summed E-state index contributed by atoms with van der Waals surface area (Å²) in [5.41, 5.74) is 1.69. The lowest BCUT2D eigenvalue weighted by Crippen LogP contribution is -2.39. The van der Waals surface area contributed by atoms with E-state index in [1.807, 2.05) is 30.4 Å². The number of cyclic esters (lactones) is 1. The second kappa shape index (κ2) is 18.2. The standard InChI is InChI=1S/C35H46F3N3O5/c1-6-29(36)33(38)30(37)15-16-31-25(4)41(35(43)46-31)23-28-22-26(13-17-32(39-28)40-19-9-20-40)10-8-11-27(34(42)45-7-2)14-12-24(3)18-21-44-5/h6,8,10,13,15-18,21,24-25,27,31H,7,9,11-12,14,19-20,22-23H2,1-5H3/b10-8+,16-15+,21-18+,29-6+,33-30-. The lowest BCUT2D eigenvalue weighted by atomic mass is 9.93. The molecule has 0 aliphatic carbocycles. The van der Waals surface area contributed by atoms with Crippen molar-refractivity contribution < 1.29 is 37.0 Å². The van der Waals surface area contributed by atoms with Crippen LogP contribution in [0.15, 0.2) is 88.7 Å². The van der Waals surface area contributed by atoms with Gasteiger partial charge in [-0.1, -0.05) is 25.2 Å². The minimum absolute atomic E-state index is 0.166. The molecule has 2 fully saturated rings. The number of hydrogen-bond donors (Lipinski definition) is 0. The molecule has 0 spiro atoms. The Hall–Kier alpha value is -4.02. The molecule has 0 aromatic rings. The van der Waals surface area contributed by atoms with Gasteiger partial charge in [0.05, 0.1) is 38.5 Å². The molecular weight excluding hydrogens is 599 g/mol. The SMILES string of the molecule is C\C=C(F)/C(F)=C(F)\C=C\C1OC(=O)N(CC2=NC(N3CCC3)=CC=C(/C=C/CC(CCC(C)/C=C/OC)C(=O)OCC)C2)C1C. The maximum absolute atomic E-state index is 14.1. The first-order chi connectivity index (χ1) is 22.1. The van der Waals surface area contributed by atoms with Gasteiger partial charge in [-0.2, -0.15) is 0 Å². The Balaban J connectivity index is 1.73. The van der Waals surface area contributed by atoms with Crippen LogP contribution in [0.1, 0.15) is 59.8 Å². The molecular formula is C35H46F3N3O5. The van der Waals surface area contributed by atoms with Crippen molar-refractivity contribution in [1.82, 2.24) is 9.80 Å². The number of likely N-dealkylation sites (tertiary alicyclic amines) is 1. The van der Waals surface area contributed by atoms with E-state index in [4.69, 9.17) is 19.2 Å². The molecule has 3 aliphatic rings. The Labute approximate surface area is 270 Å². The van der Waals surface area contributed by atoms with E-state index in [0.29, 0.717) is 25.9 Å². The second-order valence-electron chi connectivity index (χ2n) is 11.5. The largest absolute Gasteiger partial charge is 0.505 e. The summed E-state index contributed by atoms with van der Waals surface area (Å²) >= 11 is 0. The van der Waals surface area contributed by atoms with Crippen LogP contribution in [0.4, 0.5) is 18.0 Å². The number of amides is 1. The number of methoxy groups -OCH3 is 1. The third-order valence-electron chi connectivity index (χ3n) is 8.09. The first-order valence-electron chi connectivity index (χ1n) is 15.9. The van der Waals surface area contributed by atoms with Crippen LogP contribution in [0.5, 0.6) is 0 Å². The maximum atomic E-state index is 14.1. The van der Waals surface area contributed by atoms with Gasteiger partial charge in [0.25, 0.3) is 0 Å². The molecule has 46 heavy (non-hydrogen) atoms. The summed E-state index contributed by atoms with van der Waals surface area (Å²) < 4.78 is 57.0. The Morgan fingerprint density at radius 2 is 1.98 bits per heavy atom. The van der Waals surface area contributed by atoms with E-state index in [1.165, 1.54) is 17.9 Å². The van der Waals surface area contributed by atoms with Gasteiger partial charge in [-0.15, -0.1) is 0 Å².